The molecule has 0 aliphatic heterocycles. The summed E-state index contributed by atoms with van der Waals surface area (Å²) >= 11 is 0. The minimum absolute atomic E-state index is 0.135. The second kappa shape index (κ2) is 9.66. The molecule has 3 aromatic carbocycles. The summed E-state index contributed by atoms with van der Waals surface area (Å²) < 4.78 is 33.0. The van der Waals surface area contributed by atoms with E-state index in [1.54, 1.807) is 37.4 Å². The summed E-state index contributed by atoms with van der Waals surface area (Å²) in [5.74, 6) is 0.332. The van der Waals surface area contributed by atoms with Gasteiger partial charge in [-0.25, -0.2) is 8.42 Å². The Hall–Kier alpha value is -3.32. The fraction of sp³-hybridized carbons (Fsp3) is 0.208. The fourth-order valence-electron chi connectivity index (χ4n) is 3.05. The number of sulfonamides is 1. The van der Waals surface area contributed by atoms with Crippen LogP contribution in [0, 0.1) is 13.8 Å². The number of rotatable bonds is 8. The van der Waals surface area contributed by atoms with E-state index in [4.69, 9.17) is 4.74 Å². The number of methoxy groups -OCH3 is 1. The van der Waals surface area contributed by atoms with Gasteiger partial charge in [-0.3, -0.25) is 9.10 Å². The van der Waals surface area contributed by atoms with Gasteiger partial charge in [-0.1, -0.05) is 36.4 Å². The van der Waals surface area contributed by atoms with E-state index in [1.165, 1.54) is 12.1 Å². The summed E-state index contributed by atoms with van der Waals surface area (Å²) in [6.07, 6.45) is 0. The monoisotopic (exact) mass is 438 g/mol. The minimum Gasteiger partial charge on any atom is -0.497 e. The van der Waals surface area contributed by atoms with Gasteiger partial charge < -0.3 is 10.1 Å². The van der Waals surface area contributed by atoms with Crippen LogP contribution in [0.5, 0.6) is 5.75 Å². The maximum Gasteiger partial charge on any atom is 0.264 e. The first-order valence-electron chi connectivity index (χ1n) is 9.86. The highest BCUT2D eigenvalue weighted by Gasteiger charge is 2.27. The molecule has 0 spiro atoms. The molecule has 6 nitrogen and oxygen atoms in total. The molecular weight excluding hydrogens is 412 g/mol. The van der Waals surface area contributed by atoms with Crippen LogP contribution in [0.4, 0.5) is 5.69 Å². The predicted octanol–water partition coefficient (Wildman–Crippen LogP) is 3.82. The molecule has 0 unspecified atom stereocenters. The smallest absolute Gasteiger partial charge is 0.264 e. The Labute approximate surface area is 183 Å². The van der Waals surface area contributed by atoms with E-state index in [9.17, 15) is 13.2 Å². The summed E-state index contributed by atoms with van der Waals surface area (Å²) in [5, 5.41) is 2.80. The van der Waals surface area contributed by atoms with Gasteiger partial charge in [0, 0.05) is 6.54 Å². The number of amides is 1. The largest absolute Gasteiger partial charge is 0.497 e. The molecule has 31 heavy (non-hydrogen) atoms. The number of hydrogen-bond donors (Lipinski definition) is 1. The maximum atomic E-state index is 13.3. The van der Waals surface area contributed by atoms with Crippen molar-refractivity contribution >= 4 is 21.6 Å². The molecule has 0 aliphatic rings. The third-order valence-electron chi connectivity index (χ3n) is 5.05. The van der Waals surface area contributed by atoms with E-state index in [1.807, 2.05) is 44.2 Å². The Kier molecular flexibility index (Phi) is 6.97. The van der Waals surface area contributed by atoms with Gasteiger partial charge in [-0.15, -0.1) is 0 Å². The number of ether oxygens (including phenoxy) is 1. The van der Waals surface area contributed by atoms with Crippen molar-refractivity contribution in [3.63, 3.8) is 0 Å². The first-order valence-corrected chi connectivity index (χ1v) is 11.3. The molecule has 0 fully saturated rings. The van der Waals surface area contributed by atoms with Crippen LogP contribution in [-0.2, 0) is 21.4 Å². The van der Waals surface area contributed by atoms with Gasteiger partial charge >= 0.3 is 0 Å². The lowest BCUT2D eigenvalue weighted by molar-refractivity contribution is -0.119. The number of hydrogen-bond acceptors (Lipinski definition) is 4. The van der Waals surface area contributed by atoms with E-state index in [2.05, 4.69) is 5.32 Å². The van der Waals surface area contributed by atoms with Gasteiger partial charge in [-0.05, 0) is 66.9 Å². The minimum atomic E-state index is -3.91. The summed E-state index contributed by atoms with van der Waals surface area (Å²) in [6.45, 7) is 3.83. The lowest BCUT2D eigenvalue weighted by Crippen LogP contribution is -2.40. The normalized spacial score (nSPS) is 11.1. The summed E-state index contributed by atoms with van der Waals surface area (Å²) in [5.41, 5.74) is 3.33. The number of nitrogens with one attached hydrogen (secondary N) is 1. The first kappa shape index (κ1) is 22.4. The van der Waals surface area contributed by atoms with Crippen molar-refractivity contribution in [2.75, 3.05) is 18.0 Å². The third kappa shape index (κ3) is 5.44. The van der Waals surface area contributed by atoms with Crippen molar-refractivity contribution in [3.05, 3.63) is 89.5 Å². The number of aryl methyl sites for hydroxylation is 2. The summed E-state index contributed by atoms with van der Waals surface area (Å²) in [4.78, 5) is 12.8. The van der Waals surface area contributed by atoms with E-state index in [0.29, 0.717) is 5.69 Å². The number of carbonyl (C=O) groups excluding carboxylic acids is 1. The molecule has 0 heterocycles. The van der Waals surface area contributed by atoms with E-state index >= 15 is 0 Å². The summed E-state index contributed by atoms with van der Waals surface area (Å²) in [6, 6.07) is 20.8. The average molecular weight is 439 g/mol. The number of carbonyl (C=O) groups is 1. The number of nitrogens with zero attached hydrogens (tertiary/aromatic N) is 1. The van der Waals surface area contributed by atoms with Crippen LogP contribution >= 0.6 is 0 Å². The molecule has 1 N–H and O–H groups in total. The Morgan fingerprint density at radius 3 is 2.23 bits per heavy atom. The molecule has 0 saturated carbocycles. The quantitative estimate of drug-likeness (QED) is 0.580. The fourth-order valence-corrected chi connectivity index (χ4v) is 4.48. The van der Waals surface area contributed by atoms with Crippen LogP contribution in [0.3, 0.4) is 0 Å². The zero-order chi connectivity index (χ0) is 22.4. The molecule has 3 aromatic rings. The SMILES string of the molecule is COc1ccc(CNC(=O)CN(c2ccc(C)c(C)c2)S(=O)(=O)c2ccccc2)cc1. The van der Waals surface area contributed by atoms with Crippen molar-refractivity contribution in [2.45, 2.75) is 25.3 Å². The van der Waals surface area contributed by atoms with Gasteiger partial charge in [0.1, 0.15) is 12.3 Å². The Morgan fingerprint density at radius 2 is 1.61 bits per heavy atom. The molecule has 0 aromatic heterocycles. The van der Waals surface area contributed by atoms with Crippen LogP contribution in [0.15, 0.2) is 77.7 Å². The highest BCUT2D eigenvalue weighted by molar-refractivity contribution is 7.92. The van der Waals surface area contributed by atoms with Gasteiger partial charge in [-0.2, -0.15) is 0 Å². The van der Waals surface area contributed by atoms with Crippen molar-refractivity contribution in [1.82, 2.24) is 5.32 Å². The third-order valence-corrected chi connectivity index (χ3v) is 6.83. The van der Waals surface area contributed by atoms with E-state index in [0.717, 1.165) is 26.7 Å². The number of benzene rings is 3. The molecular formula is C24H26N2O4S. The standard InChI is InChI=1S/C24H26N2O4S/c1-18-9-12-21(15-19(18)2)26(31(28,29)23-7-5-4-6-8-23)17-24(27)25-16-20-10-13-22(30-3)14-11-20/h4-15H,16-17H2,1-3H3,(H,25,27). The highest BCUT2D eigenvalue weighted by atomic mass is 32.2. The highest BCUT2D eigenvalue weighted by Crippen LogP contribution is 2.25. The molecule has 162 valence electrons. The predicted molar refractivity (Wildman–Crippen MR) is 122 cm³/mol. The van der Waals surface area contributed by atoms with Crippen LogP contribution < -0.4 is 14.4 Å². The molecule has 0 bridgehead atoms. The van der Waals surface area contributed by atoms with Gasteiger partial charge in [0.25, 0.3) is 10.0 Å². The first-order chi connectivity index (χ1) is 14.8. The van der Waals surface area contributed by atoms with E-state index in [-0.39, 0.29) is 18.0 Å². The Balaban J connectivity index is 1.83. The van der Waals surface area contributed by atoms with Gasteiger partial charge in [0.2, 0.25) is 5.91 Å². The zero-order valence-electron chi connectivity index (χ0n) is 17.8. The average Bonchev–Trinajstić information content (AvgIpc) is 2.79. The number of anilines is 1. The lowest BCUT2D eigenvalue weighted by atomic mass is 10.1. The van der Waals surface area contributed by atoms with Crippen molar-refractivity contribution in [2.24, 2.45) is 0 Å². The molecule has 1 amide bonds. The molecule has 0 aliphatic carbocycles. The molecule has 0 radical (unpaired) electrons. The summed E-state index contributed by atoms with van der Waals surface area (Å²) in [7, 11) is -2.33. The van der Waals surface area contributed by atoms with Crippen molar-refractivity contribution in [1.29, 1.82) is 0 Å². The Bertz CT molecular complexity index is 1140. The van der Waals surface area contributed by atoms with Crippen LogP contribution in [0.25, 0.3) is 0 Å². The topological polar surface area (TPSA) is 75.7 Å². The zero-order valence-corrected chi connectivity index (χ0v) is 18.6. The second-order valence-corrected chi connectivity index (χ2v) is 9.08. The molecule has 3 rings (SSSR count). The van der Waals surface area contributed by atoms with Crippen LogP contribution in [-0.4, -0.2) is 28.0 Å². The van der Waals surface area contributed by atoms with Gasteiger partial charge in [0.05, 0.1) is 17.7 Å². The second-order valence-electron chi connectivity index (χ2n) is 7.22. The lowest BCUT2D eigenvalue weighted by Gasteiger charge is -2.25. The molecule has 0 saturated heterocycles. The van der Waals surface area contributed by atoms with Crippen molar-refractivity contribution in [3.8, 4) is 5.75 Å². The maximum absolute atomic E-state index is 13.3. The van der Waals surface area contributed by atoms with E-state index < -0.39 is 15.9 Å². The van der Waals surface area contributed by atoms with Gasteiger partial charge in [0.15, 0.2) is 0 Å². The Morgan fingerprint density at radius 1 is 0.935 bits per heavy atom. The molecule has 7 heteroatoms. The van der Waals surface area contributed by atoms with Crippen molar-refractivity contribution < 1.29 is 17.9 Å². The van der Waals surface area contributed by atoms with Crippen LogP contribution in [0.1, 0.15) is 16.7 Å². The van der Waals surface area contributed by atoms with Crippen LogP contribution in [0.2, 0.25) is 0 Å². The molecule has 0 atom stereocenters.